The number of rotatable bonds is 7. The molecular weight excluding hydrogens is 292 g/mol. The lowest BCUT2D eigenvalue weighted by Gasteiger charge is -2.07. The number of aromatic nitrogens is 2. The van der Waals surface area contributed by atoms with Crippen molar-refractivity contribution < 1.29 is 13.5 Å². The second-order valence-corrected chi connectivity index (χ2v) is 6.31. The highest BCUT2D eigenvalue weighted by Gasteiger charge is 2.11. The molecule has 114 valence electrons. The van der Waals surface area contributed by atoms with Crippen LogP contribution in [0.15, 0.2) is 41.6 Å². The van der Waals surface area contributed by atoms with Crippen molar-refractivity contribution in [2.45, 2.75) is 18.0 Å². The molecule has 0 unspecified atom stereocenters. The lowest BCUT2D eigenvalue weighted by atomic mass is 10.3. The maximum absolute atomic E-state index is 11.7. The van der Waals surface area contributed by atoms with Gasteiger partial charge in [-0.05, 0) is 25.2 Å². The van der Waals surface area contributed by atoms with Crippen LogP contribution in [-0.4, -0.2) is 37.0 Å². The van der Waals surface area contributed by atoms with Crippen molar-refractivity contribution >= 4 is 15.7 Å². The van der Waals surface area contributed by atoms with Gasteiger partial charge < -0.3 is 10.4 Å². The van der Waals surface area contributed by atoms with Crippen LogP contribution in [0.3, 0.4) is 0 Å². The third-order valence-corrected chi connectivity index (χ3v) is 4.34. The van der Waals surface area contributed by atoms with E-state index in [0.29, 0.717) is 18.8 Å². The highest BCUT2D eigenvalue weighted by molar-refractivity contribution is 7.89. The zero-order valence-electron chi connectivity index (χ0n) is 11.7. The number of aliphatic hydroxyl groups excluding tert-OH is 1. The molecule has 2 rings (SSSR count). The Labute approximate surface area is 123 Å². The van der Waals surface area contributed by atoms with Gasteiger partial charge in [-0.1, -0.05) is 6.07 Å². The van der Waals surface area contributed by atoms with Gasteiger partial charge in [-0.3, -0.25) is 4.68 Å². The Kier molecular flexibility index (Phi) is 4.94. The van der Waals surface area contributed by atoms with Crippen LogP contribution in [-0.2, 0) is 23.1 Å². The van der Waals surface area contributed by atoms with Crippen LogP contribution in [0.2, 0.25) is 0 Å². The maximum Gasteiger partial charge on any atom is 0.240 e. The van der Waals surface area contributed by atoms with Gasteiger partial charge in [0.05, 0.1) is 24.2 Å². The number of sulfonamides is 1. The number of nitrogens with one attached hydrogen (secondary N) is 2. The summed E-state index contributed by atoms with van der Waals surface area (Å²) in [5, 5.41) is 16.1. The van der Waals surface area contributed by atoms with Crippen LogP contribution < -0.4 is 10.0 Å². The Morgan fingerprint density at radius 3 is 2.90 bits per heavy atom. The maximum atomic E-state index is 11.7. The molecule has 2 aromatic rings. The van der Waals surface area contributed by atoms with Gasteiger partial charge in [0.2, 0.25) is 10.0 Å². The van der Waals surface area contributed by atoms with Gasteiger partial charge in [0.1, 0.15) is 0 Å². The average Bonchev–Trinajstić information content (AvgIpc) is 2.93. The molecule has 0 aliphatic rings. The Balaban J connectivity index is 2.04. The first kappa shape index (κ1) is 15.5. The lowest BCUT2D eigenvalue weighted by Crippen LogP contribution is -2.18. The summed E-state index contributed by atoms with van der Waals surface area (Å²) >= 11 is 0. The molecule has 1 aromatic heterocycles. The summed E-state index contributed by atoms with van der Waals surface area (Å²) in [5.41, 5.74) is 1.66. The van der Waals surface area contributed by atoms with Crippen molar-refractivity contribution in [1.29, 1.82) is 0 Å². The summed E-state index contributed by atoms with van der Waals surface area (Å²) in [7, 11) is -2.06. The zero-order chi connectivity index (χ0) is 15.3. The topological polar surface area (TPSA) is 96.3 Å². The van der Waals surface area contributed by atoms with Gasteiger partial charge in [-0.2, -0.15) is 5.10 Å². The molecular formula is C13H18N4O3S. The first-order chi connectivity index (χ1) is 10.0. The largest absolute Gasteiger partial charge is 0.394 e. The molecule has 0 saturated heterocycles. The van der Waals surface area contributed by atoms with Crippen LogP contribution >= 0.6 is 0 Å². The average molecular weight is 310 g/mol. The second-order valence-electron chi connectivity index (χ2n) is 4.42. The molecule has 0 fully saturated rings. The molecule has 0 atom stereocenters. The fourth-order valence-electron chi connectivity index (χ4n) is 1.82. The van der Waals surface area contributed by atoms with E-state index in [-0.39, 0.29) is 11.5 Å². The fraction of sp³-hybridized carbons (Fsp3) is 0.308. The van der Waals surface area contributed by atoms with Crippen LogP contribution in [0.25, 0.3) is 0 Å². The van der Waals surface area contributed by atoms with Gasteiger partial charge in [-0.25, -0.2) is 13.1 Å². The molecule has 1 aromatic carbocycles. The minimum Gasteiger partial charge on any atom is -0.394 e. The van der Waals surface area contributed by atoms with Crippen LogP contribution in [0.1, 0.15) is 5.56 Å². The van der Waals surface area contributed by atoms with Crippen LogP contribution in [0.4, 0.5) is 5.69 Å². The number of hydrogen-bond donors (Lipinski definition) is 3. The molecule has 0 spiro atoms. The summed E-state index contributed by atoms with van der Waals surface area (Å²) in [5.74, 6) is 0. The first-order valence-electron chi connectivity index (χ1n) is 6.45. The molecule has 7 nitrogen and oxygen atoms in total. The molecule has 0 radical (unpaired) electrons. The molecule has 0 saturated carbocycles. The molecule has 0 aliphatic carbocycles. The van der Waals surface area contributed by atoms with Crippen molar-refractivity contribution in [3.05, 3.63) is 42.2 Å². The van der Waals surface area contributed by atoms with E-state index in [1.165, 1.54) is 13.1 Å². The van der Waals surface area contributed by atoms with Gasteiger partial charge in [-0.15, -0.1) is 0 Å². The summed E-state index contributed by atoms with van der Waals surface area (Å²) in [6.07, 6.45) is 3.54. The monoisotopic (exact) mass is 310 g/mol. The second kappa shape index (κ2) is 6.70. The zero-order valence-corrected chi connectivity index (χ0v) is 12.5. The molecule has 0 amide bonds. The molecule has 0 aliphatic heterocycles. The van der Waals surface area contributed by atoms with E-state index < -0.39 is 10.0 Å². The van der Waals surface area contributed by atoms with E-state index in [9.17, 15) is 8.42 Å². The van der Waals surface area contributed by atoms with E-state index >= 15 is 0 Å². The van der Waals surface area contributed by atoms with Crippen LogP contribution in [0, 0.1) is 0 Å². The molecule has 0 bridgehead atoms. The predicted octanol–water partition coefficient (Wildman–Crippen LogP) is 0.396. The van der Waals surface area contributed by atoms with Crippen molar-refractivity contribution in [3.63, 3.8) is 0 Å². The summed E-state index contributed by atoms with van der Waals surface area (Å²) < 4.78 is 27.4. The van der Waals surface area contributed by atoms with Gasteiger partial charge >= 0.3 is 0 Å². The third kappa shape index (κ3) is 4.03. The predicted molar refractivity (Wildman–Crippen MR) is 79.3 cm³/mol. The van der Waals surface area contributed by atoms with E-state index in [0.717, 1.165) is 5.56 Å². The van der Waals surface area contributed by atoms with E-state index in [2.05, 4.69) is 15.1 Å². The lowest BCUT2D eigenvalue weighted by molar-refractivity contribution is 0.269. The van der Waals surface area contributed by atoms with Gasteiger partial charge in [0.15, 0.2) is 0 Å². The molecule has 3 N–H and O–H groups in total. The van der Waals surface area contributed by atoms with Gasteiger partial charge in [0, 0.05) is 24.0 Å². The highest BCUT2D eigenvalue weighted by Crippen LogP contribution is 2.15. The van der Waals surface area contributed by atoms with Gasteiger partial charge in [0.25, 0.3) is 0 Å². The number of aliphatic hydroxyl groups is 1. The third-order valence-electron chi connectivity index (χ3n) is 2.93. The number of anilines is 1. The highest BCUT2D eigenvalue weighted by atomic mass is 32.2. The van der Waals surface area contributed by atoms with E-state index in [4.69, 9.17) is 5.11 Å². The van der Waals surface area contributed by atoms with Crippen molar-refractivity contribution in [3.8, 4) is 0 Å². The van der Waals surface area contributed by atoms with E-state index in [1.54, 1.807) is 29.1 Å². The smallest absolute Gasteiger partial charge is 0.240 e. The number of hydrogen-bond acceptors (Lipinski definition) is 5. The quantitative estimate of drug-likeness (QED) is 0.688. The summed E-state index contributed by atoms with van der Waals surface area (Å²) in [6.45, 7) is 1.02. The molecule has 8 heteroatoms. The normalized spacial score (nSPS) is 11.5. The SMILES string of the molecule is CNS(=O)(=O)c1cccc(NCc2cnn(CCO)c2)c1. The minimum atomic E-state index is -3.44. The minimum absolute atomic E-state index is 0.0401. The van der Waals surface area contributed by atoms with Crippen molar-refractivity contribution in [1.82, 2.24) is 14.5 Å². The van der Waals surface area contributed by atoms with Crippen molar-refractivity contribution in [2.24, 2.45) is 0 Å². The Morgan fingerprint density at radius 1 is 1.38 bits per heavy atom. The molecule has 1 heterocycles. The fourth-order valence-corrected chi connectivity index (χ4v) is 2.59. The Hall–Kier alpha value is -1.90. The first-order valence-corrected chi connectivity index (χ1v) is 7.93. The Morgan fingerprint density at radius 2 is 2.19 bits per heavy atom. The van der Waals surface area contributed by atoms with Crippen molar-refractivity contribution in [2.75, 3.05) is 19.0 Å². The summed E-state index contributed by atoms with van der Waals surface area (Å²) in [6, 6.07) is 6.59. The number of benzene rings is 1. The molecule has 21 heavy (non-hydrogen) atoms. The summed E-state index contributed by atoms with van der Waals surface area (Å²) in [4.78, 5) is 0.214. The van der Waals surface area contributed by atoms with Crippen LogP contribution in [0.5, 0.6) is 0 Å². The van der Waals surface area contributed by atoms with E-state index in [1.807, 2.05) is 6.20 Å². The Bertz CT molecular complexity index is 697. The standard InChI is InChI=1S/C13H18N4O3S/c1-14-21(19,20)13-4-2-3-12(7-13)15-8-11-9-16-17(10-11)5-6-18/h2-4,7,9-10,14-15,18H,5-6,8H2,1H3. The number of nitrogens with zero attached hydrogens (tertiary/aromatic N) is 2.